The van der Waals surface area contributed by atoms with Crippen LogP contribution in [0.25, 0.3) is 10.9 Å². The molecule has 0 radical (unpaired) electrons. The van der Waals surface area contributed by atoms with Crippen LogP contribution in [0.4, 0.5) is 0 Å². The van der Waals surface area contributed by atoms with E-state index in [4.69, 9.17) is 0 Å². The highest BCUT2D eigenvalue weighted by atomic mass is 16.3. The maximum atomic E-state index is 9.30. The predicted molar refractivity (Wildman–Crippen MR) is 78.2 cm³/mol. The Morgan fingerprint density at radius 1 is 1.32 bits per heavy atom. The van der Waals surface area contributed by atoms with Crippen molar-refractivity contribution in [2.45, 2.75) is 33.4 Å². The van der Waals surface area contributed by atoms with Gasteiger partial charge >= 0.3 is 0 Å². The molecular formula is C16H22N2O. The number of hydrogen-bond donors (Lipinski definition) is 2. The lowest BCUT2D eigenvalue weighted by atomic mass is 9.97. The number of benzene rings is 1. The molecule has 0 spiro atoms. The number of aromatic nitrogens is 1. The molecule has 1 aromatic carbocycles. The topological polar surface area (TPSA) is 37.2 Å². The molecule has 0 amide bonds. The second-order valence-corrected chi connectivity index (χ2v) is 5.86. The average Bonchev–Trinajstić information content (AvgIpc) is 2.95. The lowest BCUT2D eigenvalue weighted by Crippen LogP contribution is -2.05. The van der Waals surface area contributed by atoms with Gasteiger partial charge in [0.2, 0.25) is 0 Å². The van der Waals surface area contributed by atoms with E-state index in [2.05, 4.69) is 42.9 Å². The van der Waals surface area contributed by atoms with E-state index in [9.17, 15) is 5.11 Å². The van der Waals surface area contributed by atoms with Crippen molar-refractivity contribution in [1.29, 1.82) is 0 Å². The Bertz CT molecular complexity index is 627. The van der Waals surface area contributed by atoms with Gasteiger partial charge in [-0.25, -0.2) is 0 Å². The highest BCUT2D eigenvalue weighted by Gasteiger charge is 2.18. The van der Waals surface area contributed by atoms with Crippen molar-refractivity contribution in [3.8, 4) is 0 Å². The molecule has 0 aliphatic carbocycles. The number of rotatable bonds is 3. The minimum Gasteiger partial charge on any atom is -0.396 e. The van der Waals surface area contributed by atoms with Crippen LogP contribution in [0.2, 0.25) is 0 Å². The van der Waals surface area contributed by atoms with Crippen LogP contribution in [0.3, 0.4) is 0 Å². The summed E-state index contributed by atoms with van der Waals surface area (Å²) in [6.45, 7) is 6.50. The van der Waals surface area contributed by atoms with Crippen LogP contribution in [0.5, 0.6) is 0 Å². The third kappa shape index (κ3) is 1.97. The summed E-state index contributed by atoms with van der Waals surface area (Å²) >= 11 is 0. The van der Waals surface area contributed by atoms with Crippen molar-refractivity contribution in [2.24, 2.45) is 13.0 Å². The van der Waals surface area contributed by atoms with Crippen molar-refractivity contribution in [3.63, 3.8) is 0 Å². The Balaban J connectivity index is 2.18. The Labute approximate surface area is 114 Å². The highest BCUT2D eigenvalue weighted by Crippen LogP contribution is 2.31. The number of aliphatic hydroxyl groups excluding tert-OH is 1. The molecule has 0 saturated carbocycles. The Morgan fingerprint density at radius 2 is 2.00 bits per heavy atom. The second-order valence-electron chi connectivity index (χ2n) is 5.86. The van der Waals surface area contributed by atoms with Gasteiger partial charge in [0.15, 0.2) is 0 Å². The number of hydrogen-bond acceptors (Lipinski definition) is 2. The summed E-state index contributed by atoms with van der Waals surface area (Å²) in [6.07, 6.45) is 0.950. The molecule has 3 rings (SSSR count). The number of aliphatic hydroxyl groups is 1. The number of nitrogens with one attached hydrogen (secondary N) is 1. The Morgan fingerprint density at radius 3 is 2.68 bits per heavy atom. The van der Waals surface area contributed by atoms with Crippen LogP contribution in [-0.2, 0) is 26.6 Å². The summed E-state index contributed by atoms with van der Waals surface area (Å²) < 4.78 is 2.29. The molecule has 2 N–H and O–H groups in total. The van der Waals surface area contributed by atoms with Gasteiger partial charge in [0, 0.05) is 43.3 Å². The number of nitrogens with zero attached hydrogens (tertiary/aromatic N) is 1. The smallest absolute Gasteiger partial charge is 0.0486 e. The maximum Gasteiger partial charge on any atom is 0.0486 e. The zero-order valence-corrected chi connectivity index (χ0v) is 12.0. The molecule has 102 valence electrons. The van der Waals surface area contributed by atoms with Gasteiger partial charge < -0.3 is 15.0 Å². The lowest BCUT2D eigenvalue weighted by Gasteiger charge is -2.08. The molecule has 2 aromatic rings. The molecule has 1 atom stereocenters. The molecular weight excluding hydrogens is 236 g/mol. The summed E-state index contributed by atoms with van der Waals surface area (Å²) in [5, 5.41) is 14.1. The fraction of sp³-hybridized carbons (Fsp3) is 0.500. The van der Waals surface area contributed by atoms with Crippen molar-refractivity contribution >= 4 is 10.9 Å². The standard InChI is InChI=1S/C16H22N2O/c1-10(9-19)4-14-11(2)18(3)16-6-13-8-17-7-12(13)5-15(14)16/h5-6,10,17,19H,4,7-9H2,1-3H3. The number of fused-ring (bicyclic) bond motifs is 2. The maximum absolute atomic E-state index is 9.30. The van der Waals surface area contributed by atoms with Gasteiger partial charge in [-0.05, 0) is 48.1 Å². The molecule has 1 aromatic heterocycles. The van der Waals surface area contributed by atoms with Crippen LogP contribution in [0.1, 0.15) is 29.3 Å². The molecule has 19 heavy (non-hydrogen) atoms. The van der Waals surface area contributed by atoms with Gasteiger partial charge in [-0.1, -0.05) is 6.92 Å². The van der Waals surface area contributed by atoms with Gasteiger partial charge in [-0.15, -0.1) is 0 Å². The quantitative estimate of drug-likeness (QED) is 0.886. The van der Waals surface area contributed by atoms with E-state index in [0.717, 1.165) is 19.5 Å². The Kier molecular flexibility index (Phi) is 3.11. The van der Waals surface area contributed by atoms with E-state index in [0.29, 0.717) is 5.92 Å². The predicted octanol–water partition coefficient (Wildman–Crippen LogP) is 2.26. The lowest BCUT2D eigenvalue weighted by molar-refractivity contribution is 0.237. The first-order chi connectivity index (χ1) is 9.11. The van der Waals surface area contributed by atoms with Crippen LogP contribution in [0, 0.1) is 12.8 Å². The minimum absolute atomic E-state index is 0.252. The zero-order valence-electron chi connectivity index (χ0n) is 12.0. The molecule has 3 nitrogen and oxygen atoms in total. The van der Waals surface area contributed by atoms with Crippen LogP contribution < -0.4 is 5.32 Å². The normalized spacial score (nSPS) is 16.0. The van der Waals surface area contributed by atoms with Gasteiger partial charge in [-0.3, -0.25) is 0 Å². The van der Waals surface area contributed by atoms with Crippen LogP contribution in [-0.4, -0.2) is 16.3 Å². The largest absolute Gasteiger partial charge is 0.396 e. The van der Waals surface area contributed by atoms with E-state index in [1.54, 1.807) is 0 Å². The van der Waals surface area contributed by atoms with Crippen molar-refractivity contribution in [3.05, 3.63) is 34.5 Å². The summed E-state index contributed by atoms with van der Waals surface area (Å²) in [5.41, 5.74) is 6.90. The average molecular weight is 258 g/mol. The third-order valence-corrected chi connectivity index (χ3v) is 4.44. The molecule has 2 heterocycles. The fourth-order valence-electron chi connectivity index (χ4n) is 3.11. The first kappa shape index (κ1) is 12.7. The Hall–Kier alpha value is -1.32. The molecule has 0 fully saturated rings. The third-order valence-electron chi connectivity index (χ3n) is 4.44. The molecule has 0 bridgehead atoms. The van der Waals surface area contributed by atoms with E-state index >= 15 is 0 Å². The summed E-state index contributed by atoms with van der Waals surface area (Å²) in [4.78, 5) is 0. The number of aryl methyl sites for hydroxylation is 1. The van der Waals surface area contributed by atoms with Gasteiger partial charge in [0.1, 0.15) is 0 Å². The summed E-state index contributed by atoms with van der Waals surface area (Å²) in [6, 6.07) is 4.67. The van der Waals surface area contributed by atoms with E-state index in [1.807, 2.05) is 0 Å². The molecule has 1 aliphatic heterocycles. The van der Waals surface area contributed by atoms with E-state index in [1.165, 1.54) is 33.3 Å². The first-order valence-corrected chi connectivity index (χ1v) is 7.03. The summed E-state index contributed by atoms with van der Waals surface area (Å²) in [5.74, 6) is 0.315. The van der Waals surface area contributed by atoms with Gasteiger partial charge in [0.25, 0.3) is 0 Å². The molecule has 0 saturated heterocycles. The summed E-state index contributed by atoms with van der Waals surface area (Å²) in [7, 11) is 2.14. The van der Waals surface area contributed by atoms with Crippen LogP contribution in [0.15, 0.2) is 12.1 Å². The van der Waals surface area contributed by atoms with Gasteiger partial charge in [-0.2, -0.15) is 0 Å². The van der Waals surface area contributed by atoms with Gasteiger partial charge in [0.05, 0.1) is 0 Å². The van der Waals surface area contributed by atoms with Crippen molar-refractivity contribution in [1.82, 2.24) is 9.88 Å². The van der Waals surface area contributed by atoms with E-state index < -0.39 is 0 Å². The van der Waals surface area contributed by atoms with Crippen LogP contribution >= 0.6 is 0 Å². The second kappa shape index (κ2) is 4.66. The molecule has 1 unspecified atom stereocenters. The fourth-order valence-corrected chi connectivity index (χ4v) is 3.11. The van der Waals surface area contributed by atoms with Crippen molar-refractivity contribution in [2.75, 3.05) is 6.61 Å². The molecule has 1 aliphatic rings. The van der Waals surface area contributed by atoms with E-state index in [-0.39, 0.29) is 6.61 Å². The minimum atomic E-state index is 0.252. The molecule has 3 heteroatoms. The SMILES string of the molecule is Cc1c(CC(C)CO)c2cc3c(cc2n1C)CNC3. The first-order valence-electron chi connectivity index (χ1n) is 7.03. The van der Waals surface area contributed by atoms with Crippen molar-refractivity contribution < 1.29 is 5.11 Å². The monoisotopic (exact) mass is 258 g/mol. The highest BCUT2D eigenvalue weighted by molar-refractivity contribution is 5.87. The zero-order chi connectivity index (χ0) is 13.6.